The van der Waals surface area contributed by atoms with Crippen molar-refractivity contribution in [1.82, 2.24) is 9.80 Å². The van der Waals surface area contributed by atoms with Crippen molar-refractivity contribution in [2.24, 2.45) is 0 Å². The highest BCUT2D eigenvalue weighted by atomic mass is 16.6. The molecule has 3 aliphatic rings. The molecule has 0 aromatic heterocycles. The van der Waals surface area contributed by atoms with Gasteiger partial charge in [0.25, 0.3) is 0 Å². The molecule has 3 saturated heterocycles. The summed E-state index contributed by atoms with van der Waals surface area (Å²) in [4.78, 5) is 38.7. The number of hydrogen-bond acceptors (Lipinski definition) is 5. The Labute approximate surface area is 135 Å². The molecule has 0 saturated carbocycles. The van der Waals surface area contributed by atoms with E-state index in [0.717, 1.165) is 51.7 Å². The van der Waals surface area contributed by atoms with Crippen molar-refractivity contribution in [2.75, 3.05) is 26.3 Å². The predicted octanol–water partition coefficient (Wildman–Crippen LogP) is 1.31. The van der Waals surface area contributed by atoms with Gasteiger partial charge in [0.1, 0.15) is 6.42 Å². The van der Waals surface area contributed by atoms with Crippen LogP contribution in [0, 0.1) is 0 Å². The van der Waals surface area contributed by atoms with Gasteiger partial charge >= 0.3 is 6.03 Å². The van der Waals surface area contributed by atoms with E-state index in [4.69, 9.17) is 9.47 Å². The summed E-state index contributed by atoms with van der Waals surface area (Å²) in [5, 5.41) is 0. The Morgan fingerprint density at radius 1 is 0.783 bits per heavy atom. The van der Waals surface area contributed by atoms with Gasteiger partial charge < -0.3 is 9.47 Å². The minimum Gasteiger partial charge on any atom is -0.373 e. The quantitative estimate of drug-likeness (QED) is 0.344. The first-order valence-electron chi connectivity index (χ1n) is 8.53. The van der Waals surface area contributed by atoms with Crippen LogP contribution in [0.3, 0.4) is 0 Å². The van der Waals surface area contributed by atoms with Crippen LogP contribution >= 0.6 is 0 Å². The van der Waals surface area contributed by atoms with E-state index in [1.54, 1.807) is 0 Å². The summed E-state index contributed by atoms with van der Waals surface area (Å²) >= 11 is 0. The molecule has 0 N–H and O–H groups in total. The number of ether oxygens (including phenoxy) is 2. The summed E-state index contributed by atoms with van der Waals surface area (Å²) in [6.07, 6.45) is 5.88. The minimum absolute atomic E-state index is 0.191. The van der Waals surface area contributed by atoms with Crippen LogP contribution in [0.15, 0.2) is 0 Å². The molecule has 0 radical (unpaired) electrons. The van der Waals surface area contributed by atoms with E-state index >= 15 is 0 Å². The molecule has 0 bridgehead atoms. The molecular formula is C16H24N2O5. The van der Waals surface area contributed by atoms with Gasteiger partial charge in [-0.25, -0.2) is 4.79 Å². The van der Waals surface area contributed by atoms with Crippen molar-refractivity contribution in [2.45, 2.75) is 57.2 Å². The van der Waals surface area contributed by atoms with Crippen molar-refractivity contribution in [3.63, 3.8) is 0 Å². The van der Waals surface area contributed by atoms with E-state index in [1.807, 2.05) is 0 Å². The van der Waals surface area contributed by atoms with Gasteiger partial charge in [-0.1, -0.05) is 0 Å². The lowest BCUT2D eigenvalue weighted by Crippen LogP contribution is -2.55. The van der Waals surface area contributed by atoms with Gasteiger partial charge in [-0.15, -0.1) is 0 Å². The number of carbonyl (C=O) groups is 3. The van der Waals surface area contributed by atoms with Gasteiger partial charge in [-0.05, 0) is 38.5 Å². The van der Waals surface area contributed by atoms with Gasteiger partial charge in [0.15, 0.2) is 0 Å². The fourth-order valence-electron chi connectivity index (χ4n) is 2.87. The van der Waals surface area contributed by atoms with Crippen molar-refractivity contribution in [1.29, 1.82) is 0 Å². The van der Waals surface area contributed by atoms with Crippen LogP contribution in [0.25, 0.3) is 0 Å². The average Bonchev–Trinajstić information content (AvgIpc) is 3.39. The number of nitrogens with zero attached hydrogens (tertiary/aromatic N) is 2. The molecule has 23 heavy (non-hydrogen) atoms. The predicted molar refractivity (Wildman–Crippen MR) is 80.6 cm³/mol. The largest absolute Gasteiger partial charge is 0.373 e. The molecule has 3 heterocycles. The molecule has 2 unspecified atom stereocenters. The van der Waals surface area contributed by atoms with E-state index in [-0.39, 0.29) is 18.2 Å². The molecule has 3 rings (SSSR count). The highest BCUT2D eigenvalue weighted by molar-refractivity contribution is 6.14. The van der Waals surface area contributed by atoms with Crippen LogP contribution in [0.1, 0.15) is 44.9 Å². The summed E-state index contributed by atoms with van der Waals surface area (Å²) in [7, 11) is 0. The lowest BCUT2D eigenvalue weighted by molar-refractivity contribution is -0.142. The number of barbiturate groups is 1. The highest BCUT2D eigenvalue weighted by Crippen LogP contribution is 2.20. The molecule has 2 atom stereocenters. The van der Waals surface area contributed by atoms with E-state index in [9.17, 15) is 14.4 Å². The van der Waals surface area contributed by atoms with Crippen LogP contribution in [0.5, 0.6) is 0 Å². The number of epoxide rings is 2. The Hall–Kier alpha value is -1.47. The monoisotopic (exact) mass is 324 g/mol. The number of urea groups is 1. The van der Waals surface area contributed by atoms with Crippen molar-refractivity contribution >= 4 is 17.8 Å². The summed E-state index contributed by atoms with van der Waals surface area (Å²) in [6, 6.07) is -0.448. The number of rotatable bonds is 10. The number of amides is 4. The molecule has 0 aromatic carbocycles. The van der Waals surface area contributed by atoms with Crippen molar-refractivity contribution in [3.05, 3.63) is 0 Å². The van der Waals surface area contributed by atoms with E-state index in [0.29, 0.717) is 25.3 Å². The average molecular weight is 324 g/mol. The second-order valence-electron chi connectivity index (χ2n) is 6.45. The Morgan fingerprint density at radius 3 is 1.61 bits per heavy atom. The Bertz CT molecular complexity index is 433. The number of unbranched alkanes of at least 4 members (excludes halogenated alkanes) is 2. The fraction of sp³-hybridized carbons (Fsp3) is 0.812. The molecule has 7 heteroatoms. The summed E-state index contributed by atoms with van der Waals surface area (Å²) in [6.45, 7) is 2.44. The third-order valence-electron chi connectivity index (χ3n) is 4.49. The molecule has 0 spiro atoms. The standard InChI is InChI=1S/C16H24N2O5/c19-14-9-15(20)18(8-4-2-6-13-11-23-13)16(21)17(14)7-3-1-5-12-10-22-12/h12-13H,1-11H2. The minimum atomic E-state index is -0.448. The van der Waals surface area contributed by atoms with Gasteiger partial charge in [0.05, 0.1) is 25.4 Å². The molecular weight excluding hydrogens is 300 g/mol. The zero-order valence-electron chi connectivity index (χ0n) is 13.4. The van der Waals surface area contributed by atoms with Gasteiger partial charge in [-0.3, -0.25) is 19.4 Å². The first-order chi connectivity index (χ1) is 11.1. The second-order valence-corrected chi connectivity index (χ2v) is 6.45. The van der Waals surface area contributed by atoms with Crippen molar-refractivity contribution in [3.8, 4) is 0 Å². The number of carbonyl (C=O) groups excluding carboxylic acids is 3. The first kappa shape index (κ1) is 16.4. The second kappa shape index (κ2) is 7.40. The maximum atomic E-state index is 12.4. The third kappa shape index (κ3) is 4.75. The molecule has 7 nitrogen and oxygen atoms in total. The van der Waals surface area contributed by atoms with Crippen LogP contribution in [-0.4, -0.2) is 66.2 Å². The van der Waals surface area contributed by atoms with Gasteiger partial charge in [-0.2, -0.15) is 0 Å². The van der Waals surface area contributed by atoms with E-state index < -0.39 is 6.03 Å². The van der Waals surface area contributed by atoms with E-state index in [1.165, 1.54) is 9.80 Å². The maximum absolute atomic E-state index is 12.4. The normalized spacial score (nSPS) is 26.9. The van der Waals surface area contributed by atoms with Gasteiger partial charge in [0, 0.05) is 13.1 Å². The SMILES string of the molecule is O=C1CC(=O)N(CCCCC2CO2)C(=O)N1CCCCC1CO1. The summed E-state index contributed by atoms with van der Waals surface area (Å²) in [5.74, 6) is -0.740. The van der Waals surface area contributed by atoms with Crippen LogP contribution in [-0.2, 0) is 19.1 Å². The highest BCUT2D eigenvalue weighted by Gasteiger charge is 2.37. The zero-order chi connectivity index (χ0) is 16.2. The number of hydrogen-bond donors (Lipinski definition) is 0. The van der Waals surface area contributed by atoms with Gasteiger partial charge in [0.2, 0.25) is 11.8 Å². The van der Waals surface area contributed by atoms with Crippen LogP contribution in [0.2, 0.25) is 0 Å². The molecule has 3 aliphatic heterocycles. The fourth-order valence-corrected chi connectivity index (χ4v) is 2.87. The smallest absolute Gasteiger partial charge is 0.333 e. The van der Waals surface area contributed by atoms with Crippen molar-refractivity contribution < 1.29 is 23.9 Å². The Morgan fingerprint density at radius 2 is 1.22 bits per heavy atom. The molecule has 128 valence electrons. The molecule has 3 fully saturated rings. The molecule has 0 aliphatic carbocycles. The molecule has 0 aromatic rings. The zero-order valence-corrected chi connectivity index (χ0v) is 13.4. The Balaban J connectivity index is 1.42. The molecule has 4 amide bonds. The van der Waals surface area contributed by atoms with Crippen LogP contribution in [0.4, 0.5) is 4.79 Å². The number of imide groups is 2. The summed E-state index contributed by atoms with van der Waals surface area (Å²) in [5.41, 5.74) is 0. The third-order valence-corrected chi connectivity index (χ3v) is 4.49. The lowest BCUT2D eigenvalue weighted by Gasteiger charge is -2.32. The maximum Gasteiger partial charge on any atom is 0.333 e. The summed E-state index contributed by atoms with van der Waals surface area (Å²) < 4.78 is 10.3. The topological polar surface area (TPSA) is 82.8 Å². The Kier molecular flexibility index (Phi) is 5.27. The van der Waals surface area contributed by atoms with E-state index in [2.05, 4.69) is 0 Å². The first-order valence-corrected chi connectivity index (χ1v) is 8.53. The lowest BCUT2D eigenvalue weighted by atomic mass is 10.1. The van der Waals surface area contributed by atoms with Crippen LogP contribution < -0.4 is 0 Å².